The molecule has 1 heterocycles. The van der Waals surface area contributed by atoms with Gasteiger partial charge < -0.3 is 19.4 Å². The van der Waals surface area contributed by atoms with E-state index in [1.807, 2.05) is 73.7 Å². The smallest absolute Gasteiger partial charge is 0.234 e. The molecule has 0 saturated heterocycles. The van der Waals surface area contributed by atoms with Crippen molar-refractivity contribution in [1.82, 2.24) is 14.8 Å². The molecular weight excluding hydrogens is 460 g/mol. The standard InChI is InChI=1S/C27H28N4O3S/c1-3-34-24-12-8-7-11-23(24)28-25(32)19-35-27-30-29-26(21-13-15-22(33-2)16-14-21)31(27)18-17-20-9-5-4-6-10-20/h4-16H,3,17-19H2,1-2H3,(H,28,32). The predicted molar refractivity (Wildman–Crippen MR) is 139 cm³/mol. The molecule has 0 aliphatic carbocycles. The van der Waals surface area contributed by atoms with E-state index >= 15 is 0 Å². The number of ether oxygens (including phenoxy) is 2. The lowest BCUT2D eigenvalue weighted by molar-refractivity contribution is -0.113. The zero-order valence-electron chi connectivity index (χ0n) is 19.8. The molecule has 7 nitrogen and oxygen atoms in total. The van der Waals surface area contributed by atoms with E-state index in [0.717, 1.165) is 23.6 Å². The fraction of sp³-hybridized carbons (Fsp3) is 0.222. The van der Waals surface area contributed by atoms with Crippen LogP contribution in [-0.4, -0.2) is 40.1 Å². The second kappa shape index (κ2) is 12.1. The Bertz CT molecular complexity index is 1240. The number of benzene rings is 3. The van der Waals surface area contributed by atoms with Crippen LogP contribution in [0.2, 0.25) is 0 Å². The molecule has 4 rings (SSSR count). The number of thioether (sulfide) groups is 1. The molecule has 180 valence electrons. The van der Waals surface area contributed by atoms with E-state index in [1.165, 1.54) is 17.3 Å². The van der Waals surface area contributed by atoms with Crippen LogP contribution in [0.5, 0.6) is 11.5 Å². The second-order valence-electron chi connectivity index (χ2n) is 7.69. The molecule has 8 heteroatoms. The van der Waals surface area contributed by atoms with Crippen molar-refractivity contribution >= 4 is 23.4 Å². The Kier molecular flexibility index (Phi) is 8.40. The summed E-state index contributed by atoms with van der Waals surface area (Å²) in [5.41, 5.74) is 2.82. The molecule has 1 amide bonds. The van der Waals surface area contributed by atoms with E-state index in [-0.39, 0.29) is 11.7 Å². The molecule has 4 aromatic rings. The summed E-state index contributed by atoms with van der Waals surface area (Å²) in [5, 5.41) is 12.5. The van der Waals surface area contributed by atoms with E-state index < -0.39 is 0 Å². The number of nitrogens with zero attached hydrogens (tertiary/aromatic N) is 3. The topological polar surface area (TPSA) is 78.3 Å². The van der Waals surface area contributed by atoms with E-state index in [4.69, 9.17) is 9.47 Å². The Hall–Kier alpha value is -3.78. The molecule has 0 radical (unpaired) electrons. The van der Waals surface area contributed by atoms with E-state index in [0.29, 0.717) is 29.7 Å². The minimum Gasteiger partial charge on any atom is -0.497 e. The summed E-state index contributed by atoms with van der Waals surface area (Å²) < 4.78 is 13.0. The first-order chi connectivity index (χ1) is 17.2. The van der Waals surface area contributed by atoms with E-state index in [9.17, 15) is 4.79 Å². The number of para-hydroxylation sites is 2. The lowest BCUT2D eigenvalue weighted by Crippen LogP contribution is -2.15. The lowest BCUT2D eigenvalue weighted by atomic mass is 10.1. The molecule has 1 N–H and O–H groups in total. The van der Waals surface area contributed by atoms with Crippen LogP contribution < -0.4 is 14.8 Å². The second-order valence-corrected chi connectivity index (χ2v) is 8.63. The maximum atomic E-state index is 12.7. The average molecular weight is 489 g/mol. The van der Waals surface area contributed by atoms with E-state index in [1.54, 1.807) is 7.11 Å². The molecule has 0 aliphatic rings. The summed E-state index contributed by atoms with van der Waals surface area (Å²) >= 11 is 1.36. The minimum atomic E-state index is -0.134. The average Bonchev–Trinajstić information content (AvgIpc) is 3.31. The van der Waals surface area contributed by atoms with E-state index in [2.05, 4.69) is 32.2 Å². The number of carbonyl (C=O) groups excluding carboxylic acids is 1. The summed E-state index contributed by atoms with van der Waals surface area (Å²) in [6.07, 6.45) is 0.823. The van der Waals surface area contributed by atoms with Crippen molar-refractivity contribution in [3.63, 3.8) is 0 Å². The summed E-state index contributed by atoms with van der Waals surface area (Å²) in [6.45, 7) is 3.13. The summed E-state index contributed by atoms with van der Waals surface area (Å²) in [5.74, 6) is 2.26. The number of aryl methyl sites for hydroxylation is 1. The van der Waals surface area contributed by atoms with Crippen LogP contribution in [0.15, 0.2) is 84.0 Å². The number of carbonyl (C=O) groups is 1. The minimum absolute atomic E-state index is 0.134. The molecule has 0 unspecified atom stereocenters. The normalized spacial score (nSPS) is 10.7. The molecule has 0 atom stereocenters. The molecule has 0 saturated carbocycles. The molecule has 0 bridgehead atoms. The van der Waals surface area contributed by atoms with Gasteiger partial charge in [-0.1, -0.05) is 54.2 Å². The first-order valence-corrected chi connectivity index (χ1v) is 12.4. The van der Waals surface area contributed by atoms with Crippen molar-refractivity contribution in [3.8, 4) is 22.9 Å². The fourth-order valence-corrected chi connectivity index (χ4v) is 4.37. The third-order valence-electron chi connectivity index (χ3n) is 5.33. The first-order valence-electron chi connectivity index (χ1n) is 11.4. The monoisotopic (exact) mass is 488 g/mol. The van der Waals surface area contributed by atoms with Gasteiger partial charge in [0.1, 0.15) is 11.5 Å². The van der Waals surface area contributed by atoms with Gasteiger partial charge in [0, 0.05) is 12.1 Å². The van der Waals surface area contributed by atoms with Crippen LogP contribution in [0.25, 0.3) is 11.4 Å². The third kappa shape index (κ3) is 6.42. The largest absolute Gasteiger partial charge is 0.497 e. The third-order valence-corrected chi connectivity index (χ3v) is 6.29. The highest BCUT2D eigenvalue weighted by molar-refractivity contribution is 7.99. The number of amides is 1. The van der Waals surface area contributed by atoms with Crippen LogP contribution in [0.1, 0.15) is 12.5 Å². The lowest BCUT2D eigenvalue weighted by Gasteiger charge is -2.12. The van der Waals surface area contributed by atoms with Gasteiger partial charge in [0.25, 0.3) is 0 Å². The molecule has 1 aromatic heterocycles. The Morgan fingerprint density at radius 3 is 2.46 bits per heavy atom. The number of methoxy groups -OCH3 is 1. The first kappa shape index (κ1) is 24.3. The van der Waals surface area contributed by atoms with Crippen molar-refractivity contribution in [2.24, 2.45) is 0 Å². The Morgan fingerprint density at radius 1 is 0.971 bits per heavy atom. The highest BCUT2D eigenvalue weighted by Crippen LogP contribution is 2.27. The zero-order valence-corrected chi connectivity index (χ0v) is 20.6. The Morgan fingerprint density at radius 2 is 1.71 bits per heavy atom. The van der Waals surface area contributed by atoms with Crippen LogP contribution >= 0.6 is 11.8 Å². The number of anilines is 1. The van der Waals surface area contributed by atoms with Gasteiger partial charge in [0.2, 0.25) is 5.91 Å². The van der Waals surface area contributed by atoms with Gasteiger partial charge in [-0.25, -0.2) is 0 Å². The number of aromatic nitrogens is 3. The van der Waals surface area contributed by atoms with Gasteiger partial charge in [0.15, 0.2) is 11.0 Å². The van der Waals surface area contributed by atoms with Gasteiger partial charge in [-0.15, -0.1) is 10.2 Å². The van der Waals surface area contributed by atoms with Gasteiger partial charge in [-0.3, -0.25) is 4.79 Å². The number of nitrogens with one attached hydrogen (secondary N) is 1. The Balaban J connectivity index is 1.51. The van der Waals surface area contributed by atoms with Crippen molar-refractivity contribution in [2.75, 3.05) is 24.8 Å². The molecule has 3 aromatic carbocycles. The van der Waals surface area contributed by atoms with Crippen LogP contribution in [0, 0.1) is 0 Å². The predicted octanol–water partition coefficient (Wildman–Crippen LogP) is 5.33. The molecule has 0 aliphatic heterocycles. The Labute approximate surface area is 209 Å². The van der Waals surface area contributed by atoms with Crippen molar-refractivity contribution < 1.29 is 14.3 Å². The number of hydrogen-bond acceptors (Lipinski definition) is 6. The van der Waals surface area contributed by atoms with Crippen molar-refractivity contribution in [2.45, 2.75) is 25.0 Å². The summed E-state index contributed by atoms with van der Waals surface area (Å²) in [6, 6.07) is 25.4. The van der Waals surface area contributed by atoms with Gasteiger partial charge in [-0.05, 0) is 55.3 Å². The molecule has 0 spiro atoms. The summed E-state index contributed by atoms with van der Waals surface area (Å²) in [4.78, 5) is 12.7. The maximum absolute atomic E-state index is 12.7. The van der Waals surface area contributed by atoms with Crippen LogP contribution in [0.4, 0.5) is 5.69 Å². The molecule has 35 heavy (non-hydrogen) atoms. The van der Waals surface area contributed by atoms with Gasteiger partial charge >= 0.3 is 0 Å². The zero-order chi connectivity index (χ0) is 24.5. The highest BCUT2D eigenvalue weighted by Gasteiger charge is 2.17. The molecule has 0 fully saturated rings. The SMILES string of the molecule is CCOc1ccccc1NC(=O)CSc1nnc(-c2ccc(OC)cc2)n1CCc1ccccc1. The quantitative estimate of drug-likeness (QED) is 0.288. The van der Waals surface area contributed by atoms with Gasteiger partial charge in [-0.2, -0.15) is 0 Å². The fourth-order valence-electron chi connectivity index (χ4n) is 3.60. The number of hydrogen-bond donors (Lipinski definition) is 1. The van der Waals surface area contributed by atoms with Crippen molar-refractivity contribution in [1.29, 1.82) is 0 Å². The summed E-state index contributed by atoms with van der Waals surface area (Å²) in [7, 11) is 1.64. The highest BCUT2D eigenvalue weighted by atomic mass is 32.2. The van der Waals surface area contributed by atoms with Crippen molar-refractivity contribution in [3.05, 3.63) is 84.4 Å². The van der Waals surface area contributed by atoms with Crippen LogP contribution in [0.3, 0.4) is 0 Å². The van der Waals surface area contributed by atoms with Gasteiger partial charge in [0.05, 0.1) is 25.2 Å². The molecular formula is C27H28N4O3S. The number of rotatable bonds is 11. The maximum Gasteiger partial charge on any atom is 0.234 e. The van der Waals surface area contributed by atoms with Crippen LogP contribution in [-0.2, 0) is 17.8 Å².